The molecule has 2 aromatic rings. The van der Waals surface area contributed by atoms with Crippen molar-refractivity contribution in [3.8, 4) is 5.69 Å². The van der Waals surface area contributed by atoms with E-state index in [-0.39, 0.29) is 5.91 Å². The van der Waals surface area contributed by atoms with Crippen molar-refractivity contribution in [2.75, 3.05) is 19.6 Å². The molecule has 5 nitrogen and oxygen atoms in total. The highest BCUT2D eigenvalue weighted by Crippen LogP contribution is 2.13. The fourth-order valence-corrected chi connectivity index (χ4v) is 3.01. The van der Waals surface area contributed by atoms with Gasteiger partial charge in [-0.3, -0.25) is 4.79 Å². The van der Waals surface area contributed by atoms with Gasteiger partial charge in [0.25, 0.3) is 0 Å². The minimum atomic E-state index is 0.0707. The van der Waals surface area contributed by atoms with Gasteiger partial charge in [-0.15, -0.1) is 0 Å². The van der Waals surface area contributed by atoms with Gasteiger partial charge >= 0.3 is 0 Å². The molecule has 1 atom stereocenters. The lowest BCUT2D eigenvalue weighted by atomic mass is 9.96. The van der Waals surface area contributed by atoms with Gasteiger partial charge in [0.05, 0.1) is 18.3 Å². The van der Waals surface area contributed by atoms with Crippen molar-refractivity contribution in [1.29, 1.82) is 0 Å². The molecule has 2 N–H and O–H groups in total. The number of para-hydroxylation sites is 1. The quantitative estimate of drug-likeness (QED) is 0.857. The van der Waals surface area contributed by atoms with Crippen LogP contribution in [0.4, 0.5) is 0 Å². The normalized spacial score (nSPS) is 17.8. The summed E-state index contributed by atoms with van der Waals surface area (Å²) in [7, 11) is 0. The van der Waals surface area contributed by atoms with Crippen LogP contribution in [-0.4, -0.2) is 35.3 Å². The van der Waals surface area contributed by atoms with Crippen LogP contribution < -0.4 is 10.6 Å². The first-order chi connectivity index (χ1) is 11.3. The Labute approximate surface area is 137 Å². The van der Waals surface area contributed by atoms with Gasteiger partial charge in [0.1, 0.15) is 0 Å². The topological polar surface area (TPSA) is 59.0 Å². The SMILES string of the molecule is O=C(Cc1cnn(-c2ccccc2)c1)NCCC1CCCNC1. The van der Waals surface area contributed by atoms with Crippen molar-refractivity contribution in [1.82, 2.24) is 20.4 Å². The molecule has 23 heavy (non-hydrogen) atoms. The number of nitrogens with zero attached hydrogens (tertiary/aromatic N) is 2. The van der Waals surface area contributed by atoms with Crippen LogP contribution >= 0.6 is 0 Å². The van der Waals surface area contributed by atoms with Gasteiger partial charge in [-0.25, -0.2) is 4.68 Å². The van der Waals surface area contributed by atoms with Gasteiger partial charge < -0.3 is 10.6 Å². The second-order valence-corrected chi connectivity index (χ2v) is 6.16. The van der Waals surface area contributed by atoms with E-state index in [1.807, 2.05) is 36.5 Å². The van der Waals surface area contributed by atoms with E-state index in [9.17, 15) is 4.79 Å². The number of carbonyl (C=O) groups excluding carboxylic acids is 1. The third kappa shape index (κ3) is 4.66. The van der Waals surface area contributed by atoms with E-state index in [0.717, 1.165) is 37.3 Å². The lowest BCUT2D eigenvalue weighted by Gasteiger charge is -2.22. The lowest BCUT2D eigenvalue weighted by Crippen LogP contribution is -2.33. The average Bonchev–Trinajstić information content (AvgIpc) is 3.05. The van der Waals surface area contributed by atoms with Crippen LogP contribution in [0.5, 0.6) is 0 Å². The molecule has 1 aliphatic rings. The number of hydrogen-bond donors (Lipinski definition) is 2. The van der Waals surface area contributed by atoms with Crippen molar-refractivity contribution in [2.24, 2.45) is 5.92 Å². The number of rotatable bonds is 6. The minimum absolute atomic E-state index is 0.0707. The van der Waals surface area contributed by atoms with Crippen LogP contribution in [0.15, 0.2) is 42.7 Å². The third-order valence-corrected chi connectivity index (χ3v) is 4.30. The van der Waals surface area contributed by atoms with Crippen LogP contribution in [0.25, 0.3) is 5.69 Å². The van der Waals surface area contributed by atoms with Gasteiger partial charge in [-0.05, 0) is 56.0 Å². The maximum absolute atomic E-state index is 12.0. The van der Waals surface area contributed by atoms with Crippen LogP contribution in [0.2, 0.25) is 0 Å². The van der Waals surface area contributed by atoms with Gasteiger partial charge in [-0.1, -0.05) is 18.2 Å². The lowest BCUT2D eigenvalue weighted by molar-refractivity contribution is -0.120. The summed E-state index contributed by atoms with van der Waals surface area (Å²) in [5, 5.41) is 10.8. The number of aromatic nitrogens is 2. The van der Waals surface area contributed by atoms with Crippen molar-refractivity contribution in [3.05, 3.63) is 48.3 Å². The Bertz CT molecular complexity index is 617. The summed E-state index contributed by atoms with van der Waals surface area (Å²) < 4.78 is 1.80. The molecule has 0 spiro atoms. The summed E-state index contributed by atoms with van der Waals surface area (Å²) in [4.78, 5) is 12.0. The Kier molecular flexibility index (Phi) is 5.42. The van der Waals surface area contributed by atoms with E-state index in [1.165, 1.54) is 12.8 Å². The first-order valence-corrected chi connectivity index (χ1v) is 8.37. The molecule has 1 amide bonds. The molecular weight excluding hydrogens is 288 g/mol. The predicted molar refractivity (Wildman–Crippen MR) is 90.5 cm³/mol. The van der Waals surface area contributed by atoms with Gasteiger partial charge in [0.2, 0.25) is 5.91 Å². The summed E-state index contributed by atoms with van der Waals surface area (Å²) in [5.74, 6) is 0.770. The Balaban J connectivity index is 1.44. The number of hydrogen-bond acceptors (Lipinski definition) is 3. The third-order valence-electron chi connectivity index (χ3n) is 4.30. The van der Waals surface area contributed by atoms with Crippen molar-refractivity contribution >= 4 is 5.91 Å². The van der Waals surface area contributed by atoms with Gasteiger partial charge in [-0.2, -0.15) is 5.10 Å². The summed E-state index contributed by atoms with van der Waals surface area (Å²) in [6, 6.07) is 9.92. The summed E-state index contributed by atoms with van der Waals surface area (Å²) in [6.07, 6.45) is 7.64. The number of carbonyl (C=O) groups is 1. The monoisotopic (exact) mass is 312 g/mol. The zero-order valence-corrected chi connectivity index (χ0v) is 13.4. The highest BCUT2D eigenvalue weighted by molar-refractivity contribution is 5.78. The van der Waals surface area contributed by atoms with E-state index < -0.39 is 0 Å². The van der Waals surface area contributed by atoms with E-state index in [1.54, 1.807) is 10.9 Å². The van der Waals surface area contributed by atoms with Crippen LogP contribution in [-0.2, 0) is 11.2 Å². The molecule has 5 heteroatoms. The van der Waals surface area contributed by atoms with Crippen LogP contribution in [0, 0.1) is 5.92 Å². The van der Waals surface area contributed by atoms with Crippen LogP contribution in [0.3, 0.4) is 0 Å². The second-order valence-electron chi connectivity index (χ2n) is 6.16. The molecule has 1 fully saturated rings. The number of piperidine rings is 1. The predicted octanol–water partition coefficient (Wildman–Crippen LogP) is 1.92. The average molecular weight is 312 g/mol. The molecule has 1 aliphatic heterocycles. The summed E-state index contributed by atoms with van der Waals surface area (Å²) >= 11 is 0. The van der Waals surface area contributed by atoms with Gasteiger partial charge in [0.15, 0.2) is 0 Å². The number of benzene rings is 1. The Morgan fingerprint density at radius 3 is 3.00 bits per heavy atom. The number of amides is 1. The largest absolute Gasteiger partial charge is 0.356 e. The van der Waals surface area contributed by atoms with E-state index in [0.29, 0.717) is 12.3 Å². The van der Waals surface area contributed by atoms with Crippen LogP contribution in [0.1, 0.15) is 24.8 Å². The highest BCUT2D eigenvalue weighted by Gasteiger charge is 2.13. The first kappa shape index (κ1) is 15.7. The Morgan fingerprint density at radius 1 is 1.35 bits per heavy atom. The van der Waals surface area contributed by atoms with E-state index >= 15 is 0 Å². The molecule has 1 aromatic heterocycles. The second kappa shape index (κ2) is 7.92. The molecule has 0 radical (unpaired) electrons. The Hall–Kier alpha value is -2.14. The zero-order chi connectivity index (χ0) is 15.9. The molecule has 3 rings (SSSR count). The van der Waals surface area contributed by atoms with Crippen molar-refractivity contribution < 1.29 is 4.79 Å². The fraction of sp³-hybridized carbons (Fsp3) is 0.444. The fourth-order valence-electron chi connectivity index (χ4n) is 3.01. The number of nitrogens with one attached hydrogen (secondary N) is 2. The van der Waals surface area contributed by atoms with Gasteiger partial charge in [0, 0.05) is 12.7 Å². The first-order valence-electron chi connectivity index (χ1n) is 8.37. The smallest absolute Gasteiger partial charge is 0.224 e. The maximum Gasteiger partial charge on any atom is 0.224 e. The maximum atomic E-state index is 12.0. The molecule has 1 saturated heterocycles. The molecular formula is C18H24N4O. The van der Waals surface area contributed by atoms with E-state index in [2.05, 4.69) is 15.7 Å². The zero-order valence-electron chi connectivity index (χ0n) is 13.4. The standard InChI is InChI=1S/C18H24N4O/c23-18(20-10-8-15-5-4-9-19-12-15)11-16-13-21-22(14-16)17-6-2-1-3-7-17/h1-3,6-7,13-15,19H,4-5,8-12H2,(H,20,23). The molecule has 0 saturated carbocycles. The summed E-state index contributed by atoms with van der Waals surface area (Å²) in [5.41, 5.74) is 1.94. The molecule has 1 unspecified atom stereocenters. The van der Waals surface area contributed by atoms with Crippen molar-refractivity contribution in [3.63, 3.8) is 0 Å². The molecule has 0 bridgehead atoms. The van der Waals surface area contributed by atoms with Crippen molar-refractivity contribution in [2.45, 2.75) is 25.7 Å². The minimum Gasteiger partial charge on any atom is -0.356 e. The molecule has 1 aromatic carbocycles. The van der Waals surface area contributed by atoms with E-state index in [4.69, 9.17) is 0 Å². The molecule has 0 aliphatic carbocycles. The Morgan fingerprint density at radius 2 is 2.22 bits per heavy atom. The summed E-state index contributed by atoms with van der Waals surface area (Å²) in [6.45, 7) is 2.98. The highest BCUT2D eigenvalue weighted by atomic mass is 16.1. The molecule has 2 heterocycles. The molecule has 122 valence electrons.